The molecule has 0 aliphatic heterocycles. The Morgan fingerprint density at radius 1 is 1.19 bits per heavy atom. The minimum atomic E-state index is 0.00700. The van der Waals surface area contributed by atoms with Gasteiger partial charge in [-0.25, -0.2) is 4.98 Å². The summed E-state index contributed by atoms with van der Waals surface area (Å²) in [5, 5.41) is 2.96. The maximum atomic E-state index is 12.2. The summed E-state index contributed by atoms with van der Waals surface area (Å²) in [6.07, 6.45) is 0.397. The fraction of sp³-hybridized carbons (Fsp3) is 0.176. The molecule has 0 radical (unpaired) electrons. The molecule has 4 heteroatoms. The lowest BCUT2D eigenvalue weighted by Crippen LogP contribution is -2.15. The summed E-state index contributed by atoms with van der Waals surface area (Å²) >= 11 is 1.57. The highest BCUT2D eigenvalue weighted by atomic mass is 32.1. The van der Waals surface area contributed by atoms with Gasteiger partial charge in [0, 0.05) is 5.69 Å². The van der Waals surface area contributed by atoms with Crippen LogP contribution in [0.2, 0.25) is 0 Å². The number of benzene rings is 2. The molecular formula is C17H16N2OS. The van der Waals surface area contributed by atoms with Gasteiger partial charge in [-0.2, -0.15) is 0 Å². The van der Waals surface area contributed by atoms with Crippen LogP contribution in [0.5, 0.6) is 0 Å². The van der Waals surface area contributed by atoms with Crippen LogP contribution < -0.4 is 5.32 Å². The lowest BCUT2D eigenvalue weighted by Gasteiger charge is -2.08. The second kappa shape index (κ2) is 5.66. The van der Waals surface area contributed by atoms with Crippen LogP contribution in [0.3, 0.4) is 0 Å². The zero-order valence-electron chi connectivity index (χ0n) is 12.0. The number of aryl methyl sites for hydroxylation is 2. The van der Waals surface area contributed by atoms with E-state index in [-0.39, 0.29) is 5.91 Å². The Morgan fingerprint density at radius 3 is 2.90 bits per heavy atom. The van der Waals surface area contributed by atoms with Gasteiger partial charge in [-0.1, -0.05) is 23.8 Å². The van der Waals surface area contributed by atoms with Gasteiger partial charge in [-0.05, 0) is 43.2 Å². The first-order chi connectivity index (χ1) is 10.1. The van der Waals surface area contributed by atoms with Gasteiger partial charge in [0.05, 0.1) is 22.1 Å². The molecule has 0 bridgehead atoms. The van der Waals surface area contributed by atoms with Crippen molar-refractivity contribution >= 4 is 33.1 Å². The van der Waals surface area contributed by atoms with Crippen LogP contribution in [0.15, 0.2) is 41.9 Å². The lowest BCUT2D eigenvalue weighted by atomic mass is 10.0. The number of carbonyl (C=O) groups excluding carboxylic acids is 1. The topological polar surface area (TPSA) is 42.0 Å². The average Bonchev–Trinajstić information content (AvgIpc) is 2.90. The Labute approximate surface area is 127 Å². The van der Waals surface area contributed by atoms with Gasteiger partial charge in [0.15, 0.2) is 0 Å². The molecule has 2 aromatic carbocycles. The van der Waals surface area contributed by atoms with E-state index in [0.717, 1.165) is 27.0 Å². The molecule has 0 fully saturated rings. The van der Waals surface area contributed by atoms with Gasteiger partial charge in [-0.3, -0.25) is 4.79 Å². The molecule has 0 spiro atoms. The van der Waals surface area contributed by atoms with Crippen molar-refractivity contribution in [3.63, 3.8) is 0 Å². The molecule has 0 atom stereocenters. The number of anilines is 1. The summed E-state index contributed by atoms with van der Waals surface area (Å²) in [6.45, 7) is 4.07. The van der Waals surface area contributed by atoms with Gasteiger partial charge < -0.3 is 5.32 Å². The zero-order chi connectivity index (χ0) is 14.8. The van der Waals surface area contributed by atoms with Gasteiger partial charge in [0.1, 0.15) is 0 Å². The summed E-state index contributed by atoms with van der Waals surface area (Å²) in [4.78, 5) is 16.4. The highest BCUT2D eigenvalue weighted by molar-refractivity contribution is 7.16. The molecule has 0 aliphatic carbocycles. The van der Waals surface area contributed by atoms with E-state index in [1.54, 1.807) is 11.3 Å². The van der Waals surface area contributed by atoms with E-state index < -0.39 is 0 Å². The third kappa shape index (κ3) is 3.11. The standard InChI is InChI=1S/C17H16N2OS/c1-11-3-4-12(2)13(7-11)8-17(20)19-14-5-6-15-16(9-14)21-10-18-15/h3-7,9-10H,8H2,1-2H3,(H,19,20). The van der Waals surface area contributed by atoms with E-state index >= 15 is 0 Å². The largest absolute Gasteiger partial charge is 0.326 e. The van der Waals surface area contributed by atoms with Crippen molar-refractivity contribution < 1.29 is 4.79 Å². The normalized spacial score (nSPS) is 10.8. The quantitative estimate of drug-likeness (QED) is 0.791. The highest BCUT2D eigenvalue weighted by Gasteiger charge is 2.08. The minimum Gasteiger partial charge on any atom is -0.326 e. The monoisotopic (exact) mass is 296 g/mol. The summed E-state index contributed by atoms with van der Waals surface area (Å²) in [5.74, 6) is 0.00700. The Kier molecular flexibility index (Phi) is 3.71. The second-order valence-electron chi connectivity index (χ2n) is 5.19. The number of thiazole rings is 1. The van der Waals surface area contributed by atoms with E-state index in [9.17, 15) is 4.79 Å². The van der Waals surface area contributed by atoms with Crippen molar-refractivity contribution in [2.24, 2.45) is 0 Å². The molecule has 3 aromatic rings. The molecule has 106 valence electrons. The maximum absolute atomic E-state index is 12.2. The van der Waals surface area contributed by atoms with Gasteiger partial charge >= 0.3 is 0 Å². The summed E-state index contributed by atoms with van der Waals surface area (Å²) in [7, 11) is 0. The zero-order valence-corrected chi connectivity index (χ0v) is 12.8. The van der Waals surface area contributed by atoms with Crippen molar-refractivity contribution in [2.45, 2.75) is 20.3 Å². The number of amides is 1. The van der Waals surface area contributed by atoms with Crippen LogP contribution in [0.25, 0.3) is 10.2 Å². The minimum absolute atomic E-state index is 0.00700. The van der Waals surface area contributed by atoms with Gasteiger partial charge in [0.25, 0.3) is 0 Å². The molecule has 1 N–H and O–H groups in total. The molecule has 1 amide bonds. The molecular weight excluding hydrogens is 280 g/mol. The van der Waals surface area contributed by atoms with Crippen LogP contribution in [-0.2, 0) is 11.2 Å². The summed E-state index contributed by atoms with van der Waals surface area (Å²) in [5.41, 5.74) is 7.00. The number of hydrogen-bond donors (Lipinski definition) is 1. The van der Waals surface area contributed by atoms with Crippen molar-refractivity contribution in [3.05, 3.63) is 58.6 Å². The van der Waals surface area contributed by atoms with Gasteiger partial charge in [-0.15, -0.1) is 11.3 Å². The van der Waals surface area contributed by atoms with E-state index in [1.807, 2.05) is 37.6 Å². The molecule has 3 nitrogen and oxygen atoms in total. The molecule has 0 aliphatic rings. The van der Waals surface area contributed by atoms with Crippen LogP contribution >= 0.6 is 11.3 Å². The van der Waals surface area contributed by atoms with E-state index in [0.29, 0.717) is 6.42 Å². The van der Waals surface area contributed by atoms with Crippen molar-refractivity contribution in [3.8, 4) is 0 Å². The molecule has 1 aromatic heterocycles. The second-order valence-corrected chi connectivity index (χ2v) is 6.08. The molecule has 3 rings (SSSR count). The molecule has 0 unspecified atom stereocenters. The number of nitrogens with one attached hydrogen (secondary N) is 1. The number of carbonyl (C=O) groups is 1. The van der Waals surface area contributed by atoms with Crippen LogP contribution in [0.4, 0.5) is 5.69 Å². The first-order valence-corrected chi connectivity index (χ1v) is 7.69. The molecule has 1 heterocycles. The Bertz CT molecular complexity index is 807. The van der Waals surface area contributed by atoms with Crippen molar-refractivity contribution in [1.82, 2.24) is 4.98 Å². The van der Waals surface area contributed by atoms with Crippen LogP contribution in [-0.4, -0.2) is 10.9 Å². The van der Waals surface area contributed by atoms with Crippen LogP contribution in [0, 0.1) is 13.8 Å². The Hall–Kier alpha value is -2.20. The lowest BCUT2D eigenvalue weighted by molar-refractivity contribution is -0.115. The van der Waals surface area contributed by atoms with Gasteiger partial charge in [0.2, 0.25) is 5.91 Å². The van der Waals surface area contributed by atoms with E-state index in [2.05, 4.69) is 28.5 Å². The molecule has 21 heavy (non-hydrogen) atoms. The SMILES string of the molecule is Cc1ccc(C)c(CC(=O)Nc2ccc3ncsc3c2)c1. The highest BCUT2D eigenvalue weighted by Crippen LogP contribution is 2.22. The molecule has 0 saturated carbocycles. The molecule has 0 saturated heterocycles. The Morgan fingerprint density at radius 2 is 2.05 bits per heavy atom. The Balaban J connectivity index is 1.75. The average molecular weight is 296 g/mol. The summed E-state index contributed by atoms with van der Waals surface area (Å²) < 4.78 is 1.08. The fourth-order valence-electron chi connectivity index (χ4n) is 2.30. The van der Waals surface area contributed by atoms with Crippen molar-refractivity contribution in [1.29, 1.82) is 0 Å². The third-order valence-electron chi connectivity index (χ3n) is 3.47. The number of fused-ring (bicyclic) bond motifs is 1. The number of hydrogen-bond acceptors (Lipinski definition) is 3. The first-order valence-electron chi connectivity index (χ1n) is 6.81. The maximum Gasteiger partial charge on any atom is 0.228 e. The predicted molar refractivity (Wildman–Crippen MR) is 87.9 cm³/mol. The number of nitrogens with zero attached hydrogens (tertiary/aromatic N) is 1. The predicted octanol–water partition coefficient (Wildman–Crippen LogP) is 4.09. The summed E-state index contributed by atoms with van der Waals surface area (Å²) in [6, 6.07) is 12.0. The van der Waals surface area contributed by atoms with Crippen molar-refractivity contribution in [2.75, 3.05) is 5.32 Å². The number of rotatable bonds is 3. The first kappa shape index (κ1) is 13.8. The van der Waals surface area contributed by atoms with E-state index in [4.69, 9.17) is 0 Å². The number of aromatic nitrogens is 1. The van der Waals surface area contributed by atoms with E-state index in [1.165, 1.54) is 5.56 Å². The third-order valence-corrected chi connectivity index (χ3v) is 4.26. The fourth-order valence-corrected chi connectivity index (χ4v) is 3.02. The van der Waals surface area contributed by atoms with Crippen LogP contribution in [0.1, 0.15) is 16.7 Å². The smallest absolute Gasteiger partial charge is 0.228 e.